The molecule has 1 amide bonds. The summed E-state index contributed by atoms with van der Waals surface area (Å²) in [6, 6.07) is 18.5. The number of hydrogen-bond donors (Lipinski definition) is 0. The molecular weight excluding hydrogens is 360 g/mol. The summed E-state index contributed by atoms with van der Waals surface area (Å²) in [5.41, 5.74) is 4.83. The van der Waals surface area contributed by atoms with Crippen molar-refractivity contribution in [2.45, 2.75) is 19.3 Å². The van der Waals surface area contributed by atoms with Gasteiger partial charge < -0.3 is 9.64 Å². The molecule has 2 aromatic rings. The fraction of sp³-hybridized carbons (Fsp3) is 0.280. The molecule has 0 unspecified atom stereocenters. The number of ether oxygens (including phenoxy) is 1. The van der Waals surface area contributed by atoms with Crippen molar-refractivity contribution in [3.05, 3.63) is 89.0 Å². The van der Waals surface area contributed by atoms with Crippen LogP contribution < -0.4 is 0 Å². The van der Waals surface area contributed by atoms with Crippen LogP contribution in [0.1, 0.15) is 29.5 Å². The maximum absolute atomic E-state index is 12.4. The van der Waals surface area contributed by atoms with Gasteiger partial charge in [0.15, 0.2) is 0 Å². The van der Waals surface area contributed by atoms with Crippen molar-refractivity contribution >= 4 is 17.9 Å². The number of benzene rings is 2. The summed E-state index contributed by atoms with van der Waals surface area (Å²) in [7, 11) is 0. The molecule has 0 radical (unpaired) electrons. The van der Waals surface area contributed by atoms with Crippen LogP contribution in [0.4, 0.5) is 0 Å². The highest BCUT2D eigenvalue weighted by atomic mass is 16.5. The molecule has 0 aliphatic carbocycles. The first-order valence-corrected chi connectivity index (χ1v) is 10.2. The average Bonchev–Trinajstić information content (AvgIpc) is 3.30. The number of hydrogen-bond acceptors (Lipinski definition) is 3. The van der Waals surface area contributed by atoms with E-state index in [1.54, 1.807) is 6.08 Å². The van der Waals surface area contributed by atoms with Gasteiger partial charge in [0.05, 0.1) is 6.54 Å². The van der Waals surface area contributed by atoms with Crippen LogP contribution in [-0.2, 0) is 16.0 Å². The van der Waals surface area contributed by atoms with Crippen LogP contribution in [0.2, 0.25) is 0 Å². The van der Waals surface area contributed by atoms with Gasteiger partial charge in [-0.3, -0.25) is 4.79 Å². The first-order valence-electron chi connectivity index (χ1n) is 10.2. The van der Waals surface area contributed by atoms with Crippen molar-refractivity contribution in [2.75, 3.05) is 26.2 Å². The van der Waals surface area contributed by atoms with Gasteiger partial charge >= 0.3 is 0 Å². The molecule has 1 fully saturated rings. The highest BCUT2D eigenvalue weighted by Gasteiger charge is 2.17. The smallest absolute Gasteiger partial charge is 0.246 e. The zero-order valence-electron chi connectivity index (χ0n) is 16.6. The summed E-state index contributed by atoms with van der Waals surface area (Å²) in [6.45, 7) is 2.99. The number of aliphatic imine (C=N–C) groups is 1. The molecule has 0 aromatic heterocycles. The molecule has 29 heavy (non-hydrogen) atoms. The third-order valence-corrected chi connectivity index (χ3v) is 5.29. The highest BCUT2D eigenvalue weighted by molar-refractivity contribution is 5.95. The molecule has 4 nitrogen and oxygen atoms in total. The monoisotopic (exact) mass is 386 g/mol. The van der Waals surface area contributed by atoms with Crippen LogP contribution in [0, 0.1) is 0 Å². The fourth-order valence-corrected chi connectivity index (χ4v) is 3.64. The van der Waals surface area contributed by atoms with E-state index in [-0.39, 0.29) is 5.91 Å². The van der Waals surface area contributed by atoms with E-state index in [1.807, 2.05) is 29.2 Å². The van der Waals surface area contributed by atoms with Crippen molar-refractivity contribution in [2.24, 2.45) is 4.99 Å². The highest BCUT2D eigenvalue weighted by Crippen LogP contribution is 2.20. The lowest BCUT2D eigenvalue weighted by Gasteiger charge is -2.27. The Morgan fingerprint density at radius 2 is 1.79 bits per heavy atom. The van der Waals surface area contributed by atoms with Gasteiger partial charge in [-0.25, -0.2) is 4.99 Å². The van der Waals surface area contributed by atoms with E-state index in [1.165, 1.54) is 16.7 Å². The van der Waals surface area contributed by atoms with Crippen molar-refractivity contribution < 1.29 is 9.53 Å². The Hall–Kier alpha value is -3.14. The SMILES string of the molecule is O=C(/C=C/Cc1ccccc1)N1CCC(=Cc2ccc(C3=NCCO3)cc2)CC1. The molecule has 1 saturated heterocycles. The van der Waals surface area contributed by atoms with Crippen molar-refractivity contribution in [3.8, 4) is 0 Å². The second-order valence-electron chi connectivity index (χ2n) is 7.38. The maximum Gasteiger partial charge on any atom is 0.246 e. The van der Waals surface area contributed by atoms with Gasteiger partial charge in [-0.2, -0.15) is 0 Å². The number of amides is 1. The zero-order chi connectivity index (χ0) is 19.9. The van der Waals surface area contributed by atoms with Gasteiger partial charge in [-0.05, 0) is 48.6 Å². The van der Waals surface area contributed by atoms with E-state index < -0.39 is 0 Å². The second-order valence-corrected chi connectivity index (χ2v) is 7.38. The van der Waals surface area contributed by atoms with Crippen LogP contribution in [0.3, 0.4) is 0 Å². The third kappa shape index (κ3) is 5.23. The summed E-state index contributed by atoms with van der Waals surface area (Å²) >= 11 is 0. The Morgan fingerprint density at radius 3 is 2.48 bits per heavy atom. The summed E-state index contributed by atoms with van der Waals surface area (Å²) in [5, 5.41) is 0. The van der Waals surface area contributed by atoms with Crippen molar-refractivity contribution in [1.82, 2.24) is 4.90 Å². The van der Waals surface area contributed by atoms with Crippen LogP contribution >= 0.6 is 0 Å². The van der Waals surface area contributed by atoms with E-state index >= 15 is 0 Å². The predicted molar refractivity (Wildman–Crippen MR) is 117 cm³/mol. The topological polar surface area (TPSA) is 41.9 Å². The Bertz CT molecular complexity index is 917. The lowest BCUT2D eigenvalue weighted by Crippen LogP contribution is -2.35. The Kier molecular flexibility index (Phi) is 6.20. The lowest BCUT2D eigenvalue weighted by molar-refractivity contribution is -0.126. The minimum Gasteiger partial charge on any atom is -0.476 e. The number of piperidine rings is 1. The molecule has 2 aliphatic rings. The summed E-state index contributed by atoms with van der Waals surface area (Å²) in [6.07, 6.45) is 8.57. The van der Waals surface area contributed by atoms with Crippen molar-refractivity contribution in [1.29, 1.82) is 0 Å². The van der Waals surface area contributed by atoms with E-state index in [2.05, 4.69) is 47.5 Å². The van der Waals surface area contributed by atoms with E-state index in [0.717, 1.165) is 50.4 Å². The van der Waals surface area contributed by atoms with E-state index in [0.29, 0.717) is 6.61 Å². The molecule has 4 heteroatoms. The maximum atomic E-state index is 12.4. The molecule has 0 bridgehead atoms. The number of likely N-dealkylation sites (tertiary alicyclic amines) is 1. The Morgan fingerprint density at radius 1 is 1.03 bits per heavy atom. The first kappa shape index (κ1) is 19.2. The molecule has 0 N–H and O–H groups in total. The molecule has 0 atom stereocenters. The van der Waals surface area contributed by atoms with Crippen LogP contribution in [0.15, 0.2) is 77.3 Å². The predicted octanol–water partition coefficient (Wildman–Crippen LogP) is 4.27. The van der Waals surface area contributed by atoms with Gasteiger partial charge in [-0.1, -0.05) is 60.2 Å². The zero-order valence-corrected chi connectivity index (χ0v) is 16.6. The molecular formula is C25H26N2O2. The molecule has 148 valence electrons. The van der Waals surface area contributed by atoms with Crippen LogP contribution in [0.25, 0.3) is 6.08 Å². The quantitative estimate of drug-likeness (QED) is 0.720. The lowest BCUT2D eigenvalue weighted by atomic mass is 10.00. The number of rotatable bonds is 5. The van der Waals surface area contributed by atoms with Gasteiger partial charge in [0.25, 0.3) is 0 Å². The minimum absolute atomic E-state index is 0.113. The Labute approximate surface area is 172 Å². The number of carbonyl (C=O) groups excluding carboxylic acids is 1. The van der Waals surface area contributed by atoms with Gasteiger partial charge in [0.2, 0.25) is 11.8 Å². The summed E-state index contributed by atoms with van der Waals surface area (Å²) in [5.74, 6) is 0.859. The van der Waals surface area contributed by atoms with Gasteiger partial charge in [0.1, 0.15) is 6.61 Å². The molecule has 2 aromatic carbocycles. The van der Waals surface area contributed by atoms with E-state index in [9.17, 15) is 4.79 Å². The minimum atomic E-state index is 0.113. The number of allylic oxidation sites excluding steroid dienone is 1. The molecule has 0 saturated carbocycles. The fourth-order valence-electron chi connectivity index (χ4n) is 3.64. The van der Waals surface area contributed by atoms with Crippen molar-refractivity contribution in [3.63, 3.8) is 0 Å². The molecule has 2 aliphatic heterocycles. The standard InChI is InChI=1S/C25H26N2O2/c28-24(8-4-7-20-5-2-1-3-6-20)27-16-13-22(14-17-27)19-21-9-11-23(12-10-21)25-26-15-18-29-25/h1-6,8-12,19H,7,13-18H2/b8-4+. The normalized spacial score (nSPS) is 16.6. The first-order chi connectivity index (χ1) is 14.3. The second kappa shape index (κ2) is 9.37. The van der Waals surface area contributed by atoms with Gasteiger partial charge in [-0.15, -0.1) is 0 Å². The van der Waals surface area contributed by atoms with E-state index in [4.69, 9.17) is 4.74 Å². The number of carbonyl (C=O) groups is 1. The number of nitrogens with zero attached hydrogens (tertiary/aromatic N) is 2. The summed E-state index contributed by atoms with van der Waals surface area (Å²) < 4.78 is 5.51. The largest absolute Gasteiger partial charge is 0.476 e. The van der Waals surface area contributed by atoms with Crippen LogP contribution in [-0.4, -0.2) is 42.9 Å². The van der Waals surface area contributed by atoms with Gasteiger partial charge in [0, 0.05) is 18.7 Å². The Balaban J connectivity index is 1.27. The summed E-state index contributed by atoms with van der Waals surface area (Å²) in [4.78, 5) is 18.7. The molecule has 0 spiro atoms. The average molecular weight is 386 g/mol. The third-order valence-electron chi connectivity index (χ3n) is 5.29. The molecule has 4 rings (SSSR count). The molecule has 2 heterocycles. The van der Waals surface area contributed by atoms with Crippen LogP contribution in [0.5, 0.6) is 0 Å².